The average Bonchev–Trinajstić information content (AvgIpc) is 1.61. The maximum atomic E-state index is 4.30. The first-order valence-corrected chi connectivity index (χ1v) is 1.88. The lowest BCUT2D eigenvalue weighted by molar-refractivity contribution is 0.214. The summed E-state index contributed by atoms with van der Waals surface area (Å²) >= 11 is 0. The molecule has 0 atom stereocenters. The van der Waals surface area contributed by atoms with E-state index >= 15 is 0 Å². The van der Waals surface area contributed by atoms with Crippen molar-refractivity contribution in [2.24, 2.45) is 5.16 Å². The Morgan fingerprint density at radius 3 is 2.67 bits per heavy atom. The Kier molecular flexibility index (Phi) is 4.08. The lowest BCUT2D eigenvalue weighted by Gasteiger charge is -1.77. The van der Waals surface area contributed by atoms with Crippen molar-refractivity contribution in [1.82, 2.24) is 0 Å². The molecule has 35 valence electrons. The quantitative estimate of drug-likeness (QED) is 0.361. The van der Waals surface area contributed by atoms with Gasteiger partial charge in [0.15, 0.2) is 0 Å². The molecule has 0 aromatic rings. The molecule has 0 unspecified atom stereocenters. The Morgan fingerprint density at radius 2 is 2.50 bits per heavy atom. The summed E-state index contributed by atoms with van der Waals surface area (Å²) in [7, 11) is 1.50. The molecule has 0 spiro atoms. The highest BCUT2D eigenvalue weighted by Crippen LogP contribution is 1.67. The molecule has 1 radical (unpaired) electrons. The zero-order valence-corrected chi connectivity index (χ0v) is 4.06. The minimum absolute atomic E-state index is 0.813. The van der Waals surface area contributed by atoms with Crippen molar-refractivity contribution in [2.75, 3.05) is 7.11 Å². The Labute approximate surface area is 37.8 Å². The van der Waals surface area contributed by atoms with E-state index in [1.54, 1.807) is 0 Å². The lowest BCUT2D eigenvalue weighted by Crippen LogP contribution is -1.68. The molecule has 0 heterocycles. The van der Waals surface area contributed by atoms with Gasteiger partial charge in [0.1, 0.15) is 13.3 Å². The first-order chi connectivity index (χ1) is 2.91. The molecule has 0 amide bonds. The van der Waals surface area contributed by atoms with E-state index < -0.39 is 0 Å². The maximum absolute atomic E-state index is 4.30. The van der Waals surface area contributed by atoms with Gasteiger partial charge in [-0.25, -0.2) is 0 Å². The summed E-state index contributed by atoms with van der Waals surface area (Å²) in [6.45, 7) is 1.95. The molecule has 0 aliphatic rings. The number of hydrogen-bond acceptors (Lipinski definition) is 2. The molecule has 0 aromatic carbocycles. The number of rotatable bonds is 2. The van der Waals surface area contributed by atoms with Gasteiger partial charge in [-0.2, -0.15) is 0 Å². The molecule has 0 aromatic heterocycles. The third kappa shape index (κ3) is 3.47. The van der Waals surface area contributed by atoms with Crippen molar-refractivity contribution >= 4 is 6.21 Å². The zero-order valence-electron chi connectivity index (χ0n) is 4.06. The Bertz CT molecular complexity index is 36.8. The molecule has 2 nitrogen and oxygen atoms in total. The predicted molar refractivity (Wildman–Crippen MR) is 24.7 cm³/mol. The lowest BCUT2D eigenvalue weighted by atomic mass is 10.6. The van der Waals surface area contributed by atoms with Crippen LogP contribution in [0, 0.1) is 0 Å². The molecule has 0 fully saturated rings. The fraction of sp³-hybridized carbons (Fsp3) is 0.750. The highest BCUT2D eigenvalue weighted by atomic mass is 16.6. The van der Waals surface area contributed by atoms with E-state index in [9.17, 15) is 0 Å². The second kappa shape index (κ2) is 4.47. The summed E-state index contributed by atoms with van der Waals surface area (Å²) in [6, 6.07) is 0. The van der Waals surface area contributed by atoms with Gasteiger partial charge < -0.3 is 4.84 Å². The minimum Gasteiger partial charge on any atom is -0.399 e. The van der Waals surface area contributed by atoms with Gasteiger partial charge >= 0.3 is 0 Å². The summed E-state index contributed by atoms with van der Waals surface area (Å²) in [5.74, 6) is 0. The van der Waals surface area contributed by atoms with E-state index in [2.05, 4.69) is 16.2 Å². The van der Waals surface area contributed by atoms with Gasteiger partial charge in [0.25, 0.3) is 0 Å². The second-order valence-electron chi connectivity index (χ2n) is 0.786. The van der Waals surface area contributed by atoms with Crippen molar-refractivity contribution in [2.45, 2.75) is 13.3 Å². The van der Waals surface area contributed by atoms with Crippen molar-refractivity contribution < 1.29 is 4.84 Å². The summed E-state index contributed by atoms with van der Waals surface area (Å²) in [4.78, 5) is 4.30. The smallest absolute Gasteiger partial charge is 0.106 e. The van der Waals surface area contributed by atoms with E-state index in [0.717, 1.165) is 6.42 Å². The van der Waals surface area contributed by atoms with Gasteiger partial charge in [-0.1, -0.05) is 12.1 Å². The standard InChI is InChI=1S/C4H8NO/c1-3-4-5-6-2/h3H2,1-2H3. The van der Waals surface area contributed by atoms with Crippen molar-refractivity contribution in [3.63, 3.8) is 0 Å². The Balaban J connectivity index is 2.73. The van der Waals surface area contributed by atoms with E-state index in [-0.39, 0.29) is 0 Å². The van der Waals surface area contributed by atoms with Crippen LogP contribution in [0.3, 0.4) is 0 Å². The second-order valence-corrected chi connectivity index (χ2v) is 0.786. The molecule has 0 saturated heterocycles. The average molecular weight is 86.1 g/mol. The van der Waals surface area contributed by atoms with Crippen molar-refractivity contribution in [3.8, 4) is 0 Å². The van der Waals surface area contributed by atoms with Gasteiger partial charge in [0, 0.05) is 0 Å². The molecule has 0 saturated carbocycles. The Morgan fingerprint density at radius 1 is 1.83 bits per heavy atom. The molecule has 0 aliphatic carbocycles. The van der Waals surface area contributed by atoms with Crippen LogP contribution < -0.4 is 0 Å². The van der Waals surface area contributed by atoms with Crippen LogP contribution in [0.15, 0.2) is 5.16 Å². The third-order valence-corrected chi connectivity index (χ3v) is 0.314. The summed E-state index contributed by atoms with van der Waals surface area (Å²) < 4.78 is 0. The predicted octanol–water partition coefficient (Wildman–Crippen LogP) is 0.906. The molecule has 0 aliphatic heterocycles. The van der Waals surface area contributed by atoms with Gasteiger partial charge in [-0.15, -0.1) is 0 Å². The van der Waals surface area contributed by atoms with Gasteiger partial charge in [0.05, 0.1) is 0 Å². The highest BCUT2D eigenvalue weighted by Gasteiger charge is 1.61. The number of nitrogens with zero attached hydrogens (tertiary/aromatic N) is 1. The van der Waals surface area contributed by atoms with Crippen LogP contribution in [-0.4, -0.2) is 13.3 Å². The van der Waals surface area contributed by atoms with Gasteiger partial charge in [-0.05, 0) is 6.42 Å². The molecular weight excluding hydrogens is 78.0 g/mol. The van der Waals surface area contributed by atoms with Crippen LogP contribution in [0.2, 0.25) is 0 Å². The number of hydrogen-bond donors (Lipinski definition) is 0. The first-order valence-electron chi connectivity index (χ1n) is 1.88. The molecular formula is C4H8NO. The monoisotopic (exact) mass is 86.1 g/mol. The van der Waals surface area contributed by atoms with E-state index in [0.29, 0.717) is 0 Å². The van der Waals surface area contributed by atoms with Crippen LogP contribution in [-0.2, 0) is 4.84 Å². The van der Waals surface area contributed by atoms with Crippen molar-refractivity contribution in [1.29, 1.82) is 0 Å². The van der Waals surface area contributed by atoms with E-state index in [1.165, 1.54) is 7.11 Å². The van der Waals surface area contributed by atoms with E-state index in [1.807, 2.05) is 6.92 Å². The van der Waals surface area contributed by atoms with Gasteiger partial charge in [-0.3, -0.25) is 0 Å². The minimum atomic E-state index is 0.813. The molecule has 6 heavy (non-hydrogen) atoms. The van der Waals surface area contributed by atoms with Crippen LogP contribution in [0.4, 0.5) is 0 Å². The molecule has 0 rings (SSSR count). The zero-order chi connectivity index (χ0) is 4.83. The highest BCUT2D eigenvalue weighted by molar-refractivity contribution is 5.55. The van der Waals surface area contributed by atoms with Crippen LogP contribution in [0.5, 0.6) is 0 Å². The molecule has 0 N–H and O–H groups in total. The Hall–Kier alpha value is -0.530. The molecule has 2 heteroatoms. The first kappa shape index (κ1) is 5.47. The normalized spacial score (nSPS) is 9.67. The SMILES string of the molecule is CC[C]=NOC. The van der Waals surface area contributed by atoms with E-state index in [4.69, 9.17) is 0 Å². The third-order valence-electron chi connectivity index (χ3n) is 0.314. The van der Waals surface area contributed by atoms with Gasteiger partial charge in [0.2, 0.25) is 0 Å². The largest absolute Gasteiger partial charge is 0.399 e. The molecule has 0 bridgehead atoms. The summed E-state index contributed by atoms with van der Waals surface area (Å²) in [6.07, 6.45) is 3.41. The maximum Gasteiger partial charge on any atom is 0.106 e. The summed E-state index contributed by atoms with van der Waals surface area (Å²) in [5, 5.41) is 3.34. The summed E-state index contributed by atoms with van der Waals surface area (Å²) in [5.41, 5.74) is 0. The fourth-order valence-electron chi connectivity index (χ4n) is 0.129. The van der Waals surface area contributed by atoms with Crippen molar-refractivity contribution in [3.05, 3.63) is 0 Å². The fourth-order valence-corrected chi connectivity index (χ4v) is 0.129. The topological polar surface area (TPSA) is 21.6 Å². The van der Waals surface area contributed by atoms with Crippen LogP contribution in [0.1, 0.15) is 13.3 Å². The van der Waals surface area contributed by atoms with Crippen LogP contribution in [0.25, 0.3) is 0 Å². The van der Waals surface area contributed by atoms with Crippen LogP contribution >= 0.6 is 0 Å².